The van der Waals surface area contributed by atoms with Gasteiger partial charge in [-0.15, -0.1) is 5.10 Å². The molecule has 0 radical (unpaired) electrons. The summed E-state index contributed by atoms with van der Waals surface area (Å²) in [6.45, 7) is 1.56. The van der Waals surface area contributed by atoms with Crippen molar-refractivity contribution in [1.82, 2.24) is 10.2 Å². The number of hydrogen-bond donors (Lipinski definition) is 0. The van der Waals surface area contributed by atoms with Gasteiger partial charge in [-0.3, -0.25) is 0 Å². The fraction of sp³-hybridized carbons (Fsp3) is 0.833. The topological polar surface area (TPSA) is 76.3 Å². The van der Waals surface area contributed by atoms with Crippen molar-refractivity contribution in [2.45, 2.75) is 31.6 Å². The van der Waals surface area contributed by atoms with Crippen molar-refractivity contribution in [3.8, 4) is 0 Å². The Morgan fingerprint density at radius 1 is 1.32 bits per heavy atom. The second-order valence-corrected chi connectivity index (χ2v) is 7.93. The first-order valence-electron chi connectivity index (χ1n) is 6.77. The summed E-state index contributed by atoms with van der Waals surface area (Å²) in [5, 5.41) is 8.17. The van der Waals surface area contributed by atoms with Crippen LogP contribution in [0.1, 0.15) is 37.5 Å². The number of aromatic nitrogens is 2. The van der Waals surface area contributed by atoms with Crippen molar-refractivity contribution >= 4 is 15.9 Å². The van der Waals surface area contributed by atoms with Crippen molar-refractivity contribution in [2.24, 2.45) is 5.92 Å². The molecule has 0 amide bonds. The lowest BCUT2D eigenvalue weighted by Gasteiger charge is -2.30. The van der Waals surface area contributed by atoms with Gasteiger partial charge in [0.05, 0.1) is 5.75 Å². The Labute approximate surface area is 113 Å². The lowest BCUT2D eigenvalue weighted by Crippen LogP contribution is -2.38. The maximum absolute atomic E-state index is 11.4. The minimum atomic E-state index is -2.92. The molecular weight excluding hydrogens is 266 g/mol. The Balaban J connectivity index is 1.66. The van der Waals surface area contributed by atoms with Crippen LogP contribution in [0.5, 0.6) is 0 Å². The molecule has 1 aromatic heterocycles. The Morgan fingerprint density at radius 2 is 2.11 bits per heavy atom. The van der Waals surface area contributed by atoms with Gasteiger partial charge in [-0.1, -0.05) is 5.10 Å². The molecule has 7 heteroatoms. The Bertz CT molecular complexity index is 550. The SMILES string of the molecule is CS(=O)(=O)CC1CCCN(c2nnc(C3CC3)o2)C1. The molecular formula is C12H19N3O3S. The Morgan fingerprint density at radius 3 is 2.79 bits per heavy atom. The summed E-state index contributed by atoms with van der Waals surface area (Å²) < 4.78 is 28.4. The van der Waals surface area contributed by atoms with Crippen LogP contribution in [0.2, 0.25) is 0 Å². The van der Waals surface area contributed by atoms with Crippen molar-refractivity contribution in [3.05, 3.63) is 5.89 Å². The van der Waals surface area contributed by atoms with E-state index in [1.165, 1.54) is 6.26 Å². The van der Waals surface area contributed by atoms with Gasteiger partial charge < -0.3 is 9.32 Å². The second kappa shape index (κ2) is 4.77. The van der Waals surface area contributed by atoms with Crippen LogP contribution >= 0.6 is 0 Å². The van der Waals surface area contributed by atoms with Crippen LogP contribution < -0.4 is 4.90 Å². The van der Waals surface area contributed by atoms with Gasteiger partial charge in [-0.25, -0.2) is 8.42 Å². The second-order valence-electron chi connectivity index (χ2n) is 5.74. The van der Waals surface area contributed by atoms with Crippen molar-refractivity contribution in [3.63, 3.8) is 0 Å². The summed E-state index contributed by atoms with van der Waals surface area (Å²) in [7, 11) is -2.92. The fourth-order valence-corrected chi connectivity index (χ4v) is 3.78. The smallest absolute Gasteiger partial charge is 0.318 e. The zero-order chi connectivity index (χ0) is 13.5. The van der Waals surface area contributed by atoms with Gasteiger partial charge in [-0.05, 0) is 31.6 Å². The number of sulfone groups is 1. The highest BCUT2D eigenvalue weighted by atomic mass is 32.2. The fourth-order valence-electron chi connectivity index (χ4n) is 2.65. The van der Waals surface area contributed by atoms with E-state index >= 15 is 0 Å². The van der Waals surface area contributed by atoms with Gasteiger partial charge in [-0.2, -0.15) is 0 Å². The molecule has 0 aromatic carbocycles. The van der Waals surface area contributed by atoms with Crippen LogP contribution in [0.3, 0.4) is 0 Å². The number of nitrogens with zero attached hydrogens (tertiary/aromatic N) is 3. The molecule has 2 aliphatic rings. The summed E-state index contributed by atoms with van der Waals surface area (Å²) >= 11 is 0. The molecule has 1 aromatic rings. The van der Waals surface area contributed by atoms with Gasteiger partial charge in [0, 0.05) is 25.3 Å². The van der Waals surface area contributed by atoms with Gasteiger partial charge >= 0.3 is 6.01 Å². The maximum Gasteiger partial charge on any atom is 0.318 e. The number of hydrogen-bond acceptors (Lipinski definition) is 6. The monoisotopic (exact) mass is 285 g/mol. The van der Waals surface area contributed by atoms with E-state index < -0.39 is 9.84 Å². The Kier molecular flexibility index (Phi) is 3.24. The summed E-state index contributed by atoms with van der Waals surface area (Å²) in [5.41, 5.74) is 0. The van der Waals surface area contributed by atoms with Crippen molar-refractivity contribution in [2.75, 3.05) is 30.0 Å². The maximum atomic E-state index is 11.4. The number of anilines is 1. The van der Waals surface area contributed by atoms with E-state index in [-0.39, 0.29) is 11.7 Å². The molecule has 106 valence electrons. The molecule has 1 aliphatic carbocycles. The average molecular weight is 285 g/mol. The first kappa shape index (κ1) is 12.9. The number of piperidine rings is 1. The molecule has 2 heterocycles. The third-order valence-corrected chi connectivity index (χ3v) is 4.76. The summed E-state index contributed by atoms with van der Waals surface area (Å²) in [5.74, 6) is 1.60. The van der Waals surface area contributed by atoms with Crippen LogP contribution in [-0.2, 0) is 9.84 Å². The molecule has 3 rings (SSSR count). The van der Waals surface area contributed by atoms with Crippen molar-refractivity contribution < 1.29 is 12.8 Å². The molecule has 0 N–H and O–H groups in total. The van der Waals surface area contributed by atoms with E-state index in [0.717, 1.165) is 38.1 Å². The molecule has 6 nitrogen and oxygen atoms in total. The van der Waals surface area contributed by atoms with E-state index in [4.69, 9.17) is 4.42 Å². The van der Waals surface area contributed by atoms with E-state index in [9.17, 15) is 8.42 Å². The highest BCUT2D eigenvalue weighted by molar-refractivity contribution is 7.90. The minimum absolute atomic E-state index is 0.167. The normalized spacial score (nSPS) is 24.7. The number of rotatable bonds is 4. The zero-order valence-electron chi connectivity index (χ0n) is 11.1. The molecule has 1 unspecified atom stereocenters. The predicted molar refractivity (Wildman–Crippen MR) is 70.9 cm³/mol. The van der Waals surface area contributed by atoms with E-state index in [1.54, 1.807) is 0 Å². The first-order chi connectivity index (χ1) is 9.01. The van der Waals surface area contributed by atoms with Gasteiger partial charge in [0.25, 0.3) is 0 Å². The lowest BCUT2D eigenvalue weighted by molar-refractivity contribution is 0.407. The van der Waals surface area contributed by atoms with Crippen molar-refractivity contribution in [1.29, 1.82) is 0 Å². The van der Waals surface area contributed by atoms with Gasteiger partial charge in [0.1, 0.15) is 9.84 Å². The van der Waals surface area contributed by atoms with Gasteiger partial charge in [0.2, 0.25) is 5.89 Å². The minimum Gasteiger partial charge on any atom is -0.408 e. The molecule has 1 aliphatic heterocycles. The highest BCUT2D eigenvalue weighted by Crippen LogP contribution is 2.40. The molecule has 0 bridgehead atoms. The summed E-state index contributed by atoms with van der Waals surface area (Å²) in [4.78, 5) is 2.03. The summed E-state index contributed by atoms with van der Waals surface area (Å²) in [6.07, 6.45) is 5.50. The molecule has 19 heavy (non-hydrogen) atoms. The van der Waals surface area contributed by atoms with E-state index in [1.807, 2.05) is 4.90 Å². The van der Waals surface area contributed by atoms with Crippen LogP contribution in [0, 0.1) is 5.92 Å². The molecule has 1 saturated carbocycles. The van der Waals surface area contributed by atoms with Crippen LogP contribution in [-0.4, -0.2) is 43.7 Å². The standard InChI is InChI=1S/C12H19N3O3S/c1-19(16,17)8-9-3-2-6-15(7-9)12-14-13-11(18-12)10-4-5-10/h9-10H,2-8H2,1H3. The van der Waals surface area contributed by atoms with Crippen LogP contribution in [0.4, 0.5) is 6.01 Å². The van der Waals surface area contributed by atoms with Crippen LogP contribution in [0.25, 0.3) is 0 Å². The van der Waals surface area contributed by atoms with Crippen LogP contribution in [0.15, 0.2) is 4.42 Å². The highest BCUT2D eigenvalue weighted by Gasteiger charge is 2.31. The van der Waals surface area contributed by atoms with E-state index in [0.29, 0.717) is 18.5 Å². The lowest BCUT2D eigenvalue weighted by atomic mass is 10.0. The quantitative estimate of drug-likeness (QED) is 0.827. The molecule has 2 fully saturated rings. The predicted octanol–water partition coefficient (Wildman–Crippen LogP) is 1.21. The zero-order valence-corrected chi connectivity index (χ0v) is 11.9. The Hall–Kier alpha value is -1.11. The first-order valence-corrected chi connectivity index (χ1v) is 8.83. The largest absolute Gasteiger partial charge is 0.408 e. The third kappa shape index (κ3) is 3.26. The van der Waals surface area contributed by atoms with Gasteiger partial charge in [0.15, 0.2) is 0 Å². The average Bonchev–Trinajstić information content (AvgIpc) is 3.05. The third-order valence-electron chi connectivity index (χ3n) is 3.68. The van der Waals surface area contributed by atoms with E-state index in [2.05, 4.69) is 10.2 Å². The molecule has 1 saturated heterocycles. The summed E-state index contributed by atoms with van der Waals surface area (Å²) in [6, 6.07) is 0.556. The molecule has 0 spiro atoms. The molecule has 1 atom stereocenters.